The highest BCUT2D eigenvalue weighted by atomic mass is 79.9. The highest BCUT2D eigenvalue weighted by Crippen LogP contribution is 2.19. The molecule has 0 atom stereocenters. The molecule has 82 valence electrons. The summed E-state index contributed by atoms with van der Waals surface area (Å²) in [6.07, 6.45) is 0. The molecule has 1 heterocycles. The lowest BCUT2D eigenvalue weighted by Gasteiger charge is -2.00. The average Bonchev–Trinajstić information content (AvgIpc) is 2.28. The number of carbonyl (C=O) groups is 1. The first-order chi connectivity index (χ1) is 7.61. The van der Waals surface area contributed by atoms with E-state index in [9.17, 15) is 9.59 Å². The maximum Gasteiger partial charge on any atom is 0.347 e. The summed E-state index contributed by atoms with van der Waals surface area (Å²) in [5, 5.41) is 1.25. The molecule has 0 saturated heterocycles. The van der Waals surface area contributed by atoms with Crippen LogP contribution in [-0.2, 0) is 0 Å². The highest BCUT2D eigenvalue weighted by molar-refractivity contribution is 9.09. The van der Waals surface area contributed by atoms with Crippen LogP contribution in [0.15, 0.2) is 33.5 Å². The Hall–Kier alpha value is -1.13. The molecule has 2 rings (SSSR count). The Morgan fingerprint density at radius 1 is 1.38 bits per heavy atom. The van der Waals surface area contributed by atoms with Crippen molar-refractivity contribution in [2.45, 2.75) is 0 Å². The van der Waals surface area contributed by atoms with E-state index in [4.69, 9.17) is 16.0 Å². The van der Waals surface area contributed by atoms with E-state index < -0.39 is 5.63 Å². The third-order valence-corrected chi connectivity index (χ3v) is 2.86. The van der Waals surface area contributed by atoms with Gasteiger partial charge in [-0.2, -0.15) is 0 Å². The monoisotopic (exact) mass is 300 g/mol. The normalized spacial score (nSPS) is 10.6. The fourth-order valence-electron chi connectivity index (χ4n) is 1.36. The van der Waals surface area contributed by atoms with Gasteiger partial charge in [0.2, 0.25) is 0 Å². The summed E-state index contributed by atoms with van der Waals surface area (Å²) in [5.41, 5.74) is -0.175. The number of fused-ring (bicyclic) bond motifs is 1. The van der Waals surface area contributed by atoms with Crippen LogP contribution in [-0.4, -0.2) is 11.1 Å². The average molecular weight is 302 g/mol. The number of alkyl halides is 1. The molecule has 0 aliphatic rings. The van der Waals surface area contributed by atoms with Crippen molar-refractivity contribution in [2.24, 2.45) is 0 Å². The van der Waals surface area contributed by atoms with E-state index in [2.05, 4.69) is 15.9 Å². The van der Waals surface area contributed by atoms with Gasteiger partial charge in [-0.3, -0.25) is 4.79 Å². The van der Waals surface area contributed by atoms with E-state index in [1.807, 2.05) is 0 Å². The molecule has 0 aliphatic heterocycles. The lowest BCUT2D eigenvalue weighted by molar-refractivity contribution is 0.102. The topological polar surface area (TPSA) is 47.3 Å². The summed E-state index contributed by atoms with van der Waals surface area (Å²) < 4.78 is 5.01. The van der Waals surface area contributed by atoms with Crippen molar-refractivity contribution in [3.63, 3.8) is 0 Å². The molecule has 0 fully saturated rings. The summed E-state index contributed by atoms with van der Waals surface area (Å²) >= 11 is 8.82. The van der Waals surface area contributed by atoms with Crippen molar-refractivity contribution in [1.29, 1.82) is 0 Å². The molecule has 1 aromatic carbocycles. The molecule has 0 amide bonds. The first-order valence-electron chi connectivity index (χ1n) is 4.44. The van der Waals surface area contributed by atoms with Crippen molar-refractivity contribution in [1.82, 2.24) is 0 Å². The molecule has 0 bridgehead atoms. The van der Waals surface area contributed by atoms with Gasteiger partial charge in [-0.05, 0) is 24.3 Å². The minimum absolute atomic E-state index is 0.0339. The van der Waals surface area contributed by atoms with Crippen LogP contribution >= 0.6 is 27.5 Å². The lowest BCUT2D eigenvalue weighted by atomic mass is 10.1. The van der Waals surface area contributed by atoms with Gasteiger partial charge in [0.25, 0.3) is 0 Å². The standard InChI is InChI=1S/C11H6BrClO3/c12-5-9(14)8-4-6-3-7(13)1-2-10(6)16-11(8)15/h1-4H,5H2. The Bertz CT molecular complexity index is 618. The van der Waals surface area contributed by atoms with E-state index in [0.717, 1.165) is 0 Å². The molecule has 16 heavy (non-hydrogen) atoms. The summed E-state index contributed by atoms with van der Waals surface area (Å²) in [7, 11) is 0. The number of hydrogen-bond acceptors (Lipinski definition) is 3. The van der Waals surface area contributed by atoms with Crippen LogP contribution in [0.3, 0.4) is 0 Å². The van der Waals surface area contributed by atoms with Crippen LogP contribution in [0.5, 0.6) is 0 Å². The third-order valence-electron chi connectivity index (χ3n) is 2.12. The molecular weight excluding hydrogens is 295 g/mol. The molecule has 0 spiro atoms. The van der Waals surface area contributed by atoms with Gasteiger partial charge in [-0.15, -0.1) is 0 Å². The minimum Gasteiger partial charge on any atom is -0.422 e. The van der Waals surface area contributed by atoms with Crippen LogP contribution < -0.4 is 5.63 Å². The Morgan fingerprint density at radius 3 is 2.81 bits per heavy atom. The molecule has 1 aromatic heterocycles. The molecule has 0 radical (unpaired) electrons. The number of rotatable bonds is 2. The fraction of sp³-hybridized carbons (Fsp3) is 0.0909. The Kier molecular flexibility index (Phi) is 3.12. The number of hydrogen-bond donors (Lipinski definition) is 0. The van der Waals surface area contributed by atoms with E-state index in [1.165, 1.54) is 6.07 Å². The van der Waals surface area contributed by atoms with Crippen molar-refractivity contribution in [3.8, 4) is 0 Å². The van der Waals surface area contributed by atoms with Crippen LogP contribution in [0.25, 0.3) is 11.0 Å². The van der Waals surface area contributed by atoms with Gasteiger partial charge in [-0.25, -0.2) is 4.79 Å². The second-order valence-corrected chi connectivity index (χ2v) is 4.18. The van der Waals surface area contributed by atoms with Crippen molar-refractivity contribution in [3.05, 3.63) is 45.3 Å². The van der Waals surface area contributed by atoms with Crippen LogP contribution in [0.4, 0.5) is 0 Å². The zero-order chi connectivity index (χ0) is 11.7. The number of carbonyl (C=O) groups excluding carboxylic acids is 1. The predicted octanol–water partition coefficient (Wildman–Crippen LogP) is 3.02. The van der Waals surface area contributed by atoms with Gasteiger partial charge in [-0.1, -0.05) is 27.5 Å². The summed E-state index contributed by atoms with van der Waals surface area (Å²) in [6, 6.07) is 6.36. The molecule has 0 saturated carbocycles. The molecular formula is C11H6BrClO3. The van der Waals surface area contributed by atoms with Crippen molar-refractivity contribution >= 4 is 44.3 Å². The lowest BCUT2D eigenvalue weighted by Crippen LogP contribution is -2.14. The molecule has 2 aromatic rings. The first kappa shape index (κ1) is 11.4. The second-order valence-electron chi connectivity index (χ2n) is 3.19. The summed E-state index contributed by atoms with van der Waals surface area (Å²) in [5.74, 6) is -0.310. The molecule has 3 nitrogen and oxygen atoms in total. The van der Waals surface area contributed by atoms with Gasteiger partial charge >= 0.3 is 5.63 Å². The number of Topliss-reactive ketones (excluding diaryl/α,β-unsaturated/α-hetero) is 1. The van der Waals surface area contributed by atoms with Gasteiger partial charge in [0.05, 0.1) is 5.33 Å². The zero-order valence-corrected chi connectivity index (χ0v) is 10.3. The maximum absolute atomic E-state index is 11.5. The highest BCUT2D eigenvalue weighted by Gasteiger charge is 2.12. The minimum atomic E-state index is -0.626. The number of halogens is 2. The maximum atomic E-state index is 11.5. The van der Waals surface area contributed by atoms with Crippen LogP contribution in [0, 0.1) is 0 Å². The fourth-order valence-corrected chi connectivity index (χ4v) is 1.84. The Morgan fingerprint density at radius 2 is 2.12 bits per heavy atom. The zero-order valence-electron chi connectivity index (χ0n) is 8.00. The van der Waals surface area contributed by atoms with E-state index in [0.29, 0.717) is 16.0 Å². The number of ketones is 1. The third kappa shape index (κ3) is 2.03. The van der Waals surface area contributed by atoms with Crippen LogP contribution in [0.1, 0.15) is 10.4 Å². The van der Waals surface area contributed by atoms with Gasteiger partial charge in [0.1, 0.15) is 11.1 Å². The summed E-state index contributed by atoms with van der Waals surface area (Å²) in [4.78, 5) is 22.9. The van der Waals surface area contributed by atoms with Gasteiger partial charge in [0.15, 0.2) is 5.78 Å². The Balaban J connectivity index is 2.74. The SMILES string of the molecule is O=C(CBr)c1cc2cc(Cl)ccc2oc1=O. The first-order valence-corrected chi connectivity index (χ1v) is 5.94. The Labute approximate surface area is 104 Å². The molecule has 0 unspecified atom stereocenters. The molecule has 5 heteroatoms. The van der Waals surface area contributed by atoms with Crippen LogP contribution in [0.2, 0.25) is 5.02 Å². The van der Waals surface area contributed by atoms with E-state index >= 15 is 0 Å². The van der Waals surface area contributed by atoms with E-state index in [1.54, 1.807) is 18.2 Å². The summed E-state index contributed by atoms with van der Waals surface area (Å²) in [6.45, 7) is 0. The van der Waals surface area contributed by atoms with Gasteiger partial charge < -0.3 is 4.42 Å². The van der Waals surface area contributed by atoms with Crippen molar-refractivity contribution in [2.75, 3.05) is 5.33 Å². The number of benzene rings is 1. The van der Waals surface area contributed by atoms with E-state index in [-0.39, 0.29) is 16.7 Å². The van der Waals surface area contributed by atoms with Gasteiger partial charge in [0, 0.05) is 10.4 Å². The smallest absolute Gasteiger partial charge is 0.347 e. The predicted molar refractivity (Wildman–Crippen MR) is 65.6 cm³/mol. The largest absolute Gasteiger partial charge is 0.422 e. The molecule has 0 N–H and O–H groups in total. The quantitative estimate of drug-likeness (QED) is 0.486. The van der Waals surface area contributed by atoms with Crippen molar-refractivity contribution < 1.29 is 9.21 Å². The second kappa shape index (κ2) is 4.39. The molecule has 0 aliphatic carbocycles.